The lowest BCUT2D eigenvalue weighted by molar-refractivity contribution is -0.121. The van der Waals surface area contributed by atoms with Crippen LogP contribution in [0.3, 0.4) is 0 Å². The predicted molar refractivity (Wildman–Crippen MR) is 100 cm³/mol. The van der Waals surface area contributed by atoms with E-state index in [2.05, 4.69) is 10.5 Å². The lowest BCUT2D eigenvalue weighted by atomic mass is 10.2. The van der Waals surface area contributed by atoms with Gasteiger partial charge in [0.05, 0.1) is 22.0 Å². The molecule has 0 atom stereocenters. The molecule has 25 heavy (non-hydrogen) atoms. The predicted octanol–water partition coefficient (Wildman–Crippen LogP) is 2.61. The smallest absolute Gasteiger partial charge is 0.255 e. The molecule has 0 fully saturated rings. The number of carbonyl (C=O) groups is 1. The van der Waals surface area contributed by atoms with E-state index >= 15 is 0 Å². The fraction of sp³-hybridized carbons (Fsp3) is 0.294. The van der Waals surface area contributed by atoms with Gasteiger partial charge in [-0.25, -0.2) is 13.8 Å². The average Bonchev–Trinajstić information content (AvgIpc) is 3.10. The minimum absolute atomic E-state index is 0.157. The van der Waals surface area contributed by atoms with Crippen molar-refractivity contribution in [3.05, 3.63) is 52.2 Å². The normalized spacial score (nSPS) is 12.4. The summed E-state index contributed by atoms with van der Waals surface area (Å²) in [5.74, 6) is -0.485. The first-order valence-corrected chi connectivity index (χ1v) is 10.1. The lowest BCUT2D eigenvalue weighted by Crippen LogP contribution is -2.37. The third-order valence-corrected chi connectivity index (χ3v) is 6.29. The molecule has 0 aliphatic rings. The Morgan fingerprint density at radius 2 is 1.92 bits per heavy atom. The molecule has 134 valence electrons. The van der Waals surface area contributed by atoms with Crippen LogP contribution < -0.4 is 5.43 Å². The molecule has 1 amide bonds. The highest BCUT2D eigenvalue weighted by molar-refractivity contribution is 7.89. The molecule has 0 saturated carbocycles. The Balaban J connectivity index is 2.03. The molecule has 1 aromatic carbocycles. The van der Waals surface area contributed by atoms with Gasteiger partial charge in [0.15, 0.2) is 0 Å². The maximum atomic E-state index is 12.5. The number of rotatable bonds is 7. The molecule has 8 heteroatoms. The highest BCUT2D eigenvalue weighted by atomic mass is 32.2. The fourth-order valence-corrected chi connectivity index (χ4v) is 4.01. The first-order valence-electron chi connectivity index (χ1n) is 7.77. The van der Waals surface area contributed by atoms with Gasteiger partial charge in [0.2, 0.25) is 10.0 Å². The Labute approximate surface area is 152 Å². The van der Waals surface area contributed by atoms with Crippen LogP contribution in [0.5, 0.6) is 0 Å². The number of amides is 1. The van der Waals surface area contributed by atoms with Crippen molar-refractivity contribution in [3.63, 3.8) is 0 Å². The van der Waals surface area contributed by atoms with Gasteiger partial charge in [0.25, 0.3) is 5.91 Å². The van der Waals surface area contributed by atoms with Gasteiger partial charge in [0, 0.05) is 7.05 Å². The number of nitrogens with one attached hydrogen (secondary N) is 1. The molecule has 6 nitrogen and oxygen atoms in total. The van der Waals surface area contributed by atoms with E-state index in [1.807, 2.05) is 31.4 Å². The number of hydrogen-bond donors (Lipinski definition) is 1. The minimum Gasteiger partial charge on any atom is -0.272 e. The van der Waals surface area contributed by atoms with Gasteiger partial charge >= 0.3 is 0 Å². The molecule has 0 spiro atoms. The zero-order valence-electron chi connectivity index (χ0n) is 14.4. The number of aryl methyl sites for hydroxylation is 1. The summed E-state index contributed by atoms with van der Waals surface area (Å²) in [5.41, 5.74) is 4.16. The number of likely N-dealkylation sites (N-methyl/N-ethyl adjacent to an activating group) is 1. The summed E-state index contributed by atoms with van der Waals surface area (Å²) >= 11 is 1.54. The second-order valence-electron chi connectivity index (χ2n) is 5.50. The topological polar surface area (TPSA) is 78.8 Å². The van der Waals surface area contributed by atoms with Gasteiger partial charge in [-0.2, -0.15) is 9.41 Å². The molecule has 0 radical (unpaired) electrons. The SMILES string of the molecule is CC/C(=N/NC(=O)CN(C)S(=O)(=O)c1ccc(C)cc1)c1cccs1. The molecule has 2 rings (SSSR count). The van der Waals surface area contributed by atoms with Crippen molar-refractivity contribution < 1.29 is 13.2 Å². The van der Waals surface area contributed by atoms with Crippen molar-refractivity contribution in [2.24, 2.45) is 5.10 Å². The third kappa shape index (κ3) is 4.97. The summed E-state index contributed by atoms with van der Waals surface area (Å²) in [6.45, 7) is 3.52. The fourth-order valence-electron chi connectivity index (χ4n) is 2.09. The van der Waals surface area contributed by atoms with Crippen LogP contribution in [0.25, 0.3) is 0 Å². The Hall–Kier alpha value is -2.03. The molecule has 1 aromatic heterocycles. The minimum atomic E-state index is -3.71. The second-order valence-corrected chi connectivity index (χ2v) is 8.49. The standard InChI is InChI=1S/C17H21N3O3S2/c1-4-15(16-6-5-11-24-16)18-19-17(21)12-20(3)25(22,23)14-9-7-13(2)8-10-14/h5-11H,4,12H2,1-3H3,(H,19,21)/b18-15-. The van der Waals surface area contributed by atoms with Gasteiger partial charge in [-0.3, -0.25) is 4.79 Å². The van der Waals surface area contributed by atoms with Crippen molar-refractivity contribution in [2.75, 3.05) is 13.6 Å². The second kappa shape index (κ2) is 8.37. The van der Waals surface area contributed by atoms with Gasteiger partial charge in [0.1, 0.15) is 0 Å². The Kier molecular flexibility index (Phi) is 6.46. The quantitative estimate of drug-likeness (QED) is 0.593. The summed E-state index contributed by atoms with van der Waals surface area (Å²) < 4.78 is 26.0. The first kappa shape index (κ1) is 19.3. The van der Waals surface area contributed by atoms with E-state index < -0.39 is 15.9 Å². The summed E-state index contributed by atoms with van der Waals surface area (Å²) in [6, 6.07) is 10.3. The highest BCUT2D eigenvalue weighted by Crippen LogP contribution is 2.15. The molecule has 2 aromatic rings. The van der Waals surface area contributed by atoms with Crippen molar-refractivity contribution in [1.29, 1.82) is 0 Å². The van der Waals surface area contributed by atoms with Gasteiger partial charge in [-0.05, 0) is 36.9 Å². The third-order valence-electron chi connectivity index (χ3n) is 3.55. The van der Waals surface area contributed by atoms with Gasteiger partial charge < -0.3 is 0 Å². The van der Waals surface area contributed by atoms with Gasteiger partial charge in [-0.15, -0.1) is 11.3 Å². The molecule has 0 saturated heterocycles. The number of sulfonamides is 1. The van der Waals surface area contributed by atoms with E-state index in [1.54, 1.807) is 12.1 Å². The van der Waals surface area contributed by atoms with Crippen LogP contribution in [-0.2, 0) is 14.8 Å². The lowest BCUT2D eigenvalue weighted by Gasteiger charge is -2.16. The molecule has 0 bridgehead atoms. The van der Waals surface area contributed by atoms with Crippen molar-refractivity contribution in [2.45, 2.75) is 25.2 Å². The van der Waals surface area contributed by atoms with Crippen LogP contribution in [0.4, 0.5) is 0 Å². The van der Waals surface area contributed by atoms with Crippen LogP contribution in [-0.4, -0.2) is 37.9 Å². The van der Waals surface area contributed by atoms with Gasteiger partial charge in [-0.1, -0.05) is 30.7 Å². The number of thiophene rings is 1. The van der Waals surface area contributed by atoms with E-state index in [9.17, 15) is 13.2 Å². The summed E-state index contributed by atoms with van der Waals surface area (Å²) in [7, 11) is -2.34. The molecular formula is C17H21N3O3S2. The maximum Gasteiger partial charge on any atom is 0.255 e. The maximum absolute atomic E-state index is 12.5. The van der Waals surface area contributed by atoms with Crippen LogP contribution in [0, 0.1) is 6.92 Å². The van der Waals surface area contributed by atoms with Crippen molar-refractivity contribution in [1.82, 2.24) is 9.73 Å². The van der Waals surface area contributed by atoms with Crippen molar-refractivity contribution in [3.8, 4) is 0 Å². The van der Waals surface area contributed by atoms with E-state index in [1.165, 1.54) is 30.5 Å². The van der Waals surface area contributed by atoms with E-state index in [0.717, 1.165) is 20.5 Å². The number of carbonyl (C=O) groups excluding carboxylic acids is 1. The van der Waals surface area contributed by atoms with E-state index in [4.69, 9.17) is 0 Å². The molecule has 0 aliphatic carbocycles. The highest BCUT2D eigenvalue weighted by Gasteiger charge is 2.22. The van der Waals surface area contributed by atoms with Crippen LogP contribution in [0.15, 0.2) is 51.8 Å². The zero-order valence-corrected chi connectivity index (χ0v) is 16.0. The molecule has 1 heterocycles. The monoisotopic (exact) mass is 379 g/mol. The zero-order chi connectivity index (χ0) is 18.4. The Morgan fingerprint density at radius 1 is 1.24 bits per heavy atom. The number of nitrogens with zero attached hydrogens (tertiary/aromatic N) is 2. The summed E-state index contributed by atoms with van der Waals surface area (Å²) in [6.07, 6.45) is 0.665. The summed E-state index contributed by atoms with van der Waals surface area (Å²) in [5, 5.41) is 6.04. The average molecular weight is 380 g/mol. The van der Waals surface area contributed by atoms with Crippen LogP contribution >= 0.6 is 11.3 Å². The molecular weight excluding hydrogens is 358 g/mol. The molecule has 1 N–H and O–H groups in total. The largest absolute Gasteiger partial charge is 0.272 e. The van der Waals surface area contributed by atoms with E-state index in [0.29, 0.717) is 6.42 Å². The van der Waals surface area contributed by atoms with E-state index in [-0.39, 0.29) is 11.4 Å². The number of hydrazone groups is 1. The first-order chi connectivity index (χ1) is 11.8. The van der Waals surface area contributed by atoms with Crippen LogP contribution in [0.1, 0.15) is 23.8 Å². The molecule has 0 unspecified atom stereocenters. The number of hydrogen-bond acceptors (Lipinski definition) is 5. The Bertz CT molecular complexity index is 842. The van der Waals surface area contributed by atoms with Crippen LogP contribution in [0.2, 0.25) is 0 Å². The van der Waals surface area contributed by atoms with Crippen molar-refractivity contribution >= 4 is 33.0 Å². The number of benzene rings is 1. The Morgan fingerprint density at radius 3 is 2.48 bits per heavy atom. The summed E-state index contributed by atoms with van der Waals surface area (Å²) in [4.78, 5) is 13.2. The molecule has 0 aliphatic heterocycles.